The van der Waals surface area contributed by atoms with Crippen molar-refractivity contribution in [2.45, 2.75) is 5.38 Å². The molecule has 0 heterocycles. The third-order valence-electron chi connectivity index (χ3n) is 2.97. The van der Waals surface area contributed by atoms with Gasteiger partial charge in [0.2, 0.25) is 0 Å². The van der Waals surface area contributed by atoms with E-state index in [2.05, 4.69) is 15.9 Å². The highest BCUT2D eigenvalue weighted by atomic mass is 79.9. The van der Waals surface area contributed by atoms with E-state index in [0.29, 0.717) is 21.5 Å². The second kappa shape index (κ2) is 6.46. The van der Waals surface area contributed by atoms with Crippen molar-refractivity contribution in [3.8, 4) is 11.5 Å². The number of benzene rings is 2. The minimum Gasteiger partial charge on any atom is -0.497 e. The van der Waals surface area contributed by atoms with E-state index < -0.39 is 5.38 Å². The first-order chi connectivity index (χ1) is 9.58. The Balaban J connectivity index is 2.47. The highest BCUT2D eigenvalue weighted by Gasteiger charge is 2.20. The van der Waals surface area contributed by atoms with Crippen molar-refractivity contribution in [1.82, 2.24) is 0 Å². The number of hydrogen-bond acceptors (Lipinski definition) is 2. The van der Waals surface area contributed by atoms with Crippen LogP contribution < -0.4 is 9.47 Å². The molecular formula is C15H13BrClFO2. The van der Waals surface area contributed by atoms with Gasteiger partial charge in [-0.3, -0.25) is 0 Å². The van der Waals surface area contributed by atoms with Crippen LogP contribution in [0.3, 0.4) is 0 Å². The molecular weight excluding hydrogens is 347 g/mol. The second-order valence-electron chi connectivity index (χ2n) is 4.11. The van der Waals surface area contributed by atoms with Crippen LogP contribution in [0.25, 0.3) is 0 Å². The quantitative estimate of drug-likeness (QED) is 0.720. The van der Waals surface area contributed by atoms with Crippen LogP contribution in [0, 0.1) is 5.82 Å². The standard InChI is InChI=1S/C15H13BrClFO2/c1-19-9-6-7-10(13(8-9)20-2)15(17)11-4-3-5-12(18)14(11)16/h3-8,15H,1-2H3. The molecule has 2 nitrogen and oxygen atoms in total. The zero-order valence-corrected chi connectivity index (χ0v) is 13.3. The first kappa shape index (κ1) is 15.1. The maximum absolute atomic E-state index is 13.6. The first-order valence-electron chi connectivity index (χ1n) is 5.88. The first-order valence-corrected chi connectivity index (χ1v) is 7.11. The average Bonchev–Trinajstić information content (AvgIpc) is 2.48. The van der Waals surface area contributed by atoms with Gasteiger partial charge in [-0.15, -0.1) is 11.6 Å². The van der Waals surface area contributed by atoms with Crippen molar-refractivity contribution in [2.75, 3.05) is 14.2 Å². The summed E-state index contributed by atoms with van der Waals surface area (Å²) in [5.74, 6) is 0.925. The van der Waals surface area contributed by atoms with E-state index in [1.807, 2.05) is 6.07 Å². The minimum atomic E-state index is -0.527. The number of methoxy groups -OCH3 is 2. The molecule has 5 heteroatoms. The van der Waals surface area contributed by atoms with Gasteiger partial charge in [0.1, 0.15) is 17.3 Å². The maximum Gasteiger partial charge on any atom is 0.137 e. The van der Waals surface area contributed by atoms with E-state index in [0.717, 1.165) is 5.56 Å². The molecule has 0 fully saturated rings. The van der Waals surface area contributed by atoms with Crippen molar-refractivity contribution in [3.63, 3.8) is 0 Å². The molecule has 0 aliphatic heterocycles. The molecule has 0 saturated carbocycles. The predicted octanol–water partition coefficient (Wildman–Crippen LogP) is 4.93. The van der Waals surface area contributed by atoms with Gasteiger partial charge >= 0.3 is 0 Å². The normalized spacial score (nSPS) is 12.1. The molecule has 0 aliphatic carbocycles. The fraction of sp³-hybridized carbons (Fsp3) is 0.200. The van der Waals surface area contributed by atoms with Crippen molar-refractivity contribution < 1.29 is 13.9 Å². The predicted molar refractivity (Wildman–Crippen MR) is 81.3 cm³/mol. The van der Waals surface area contributed by atoms with E-state index in [-0.39, 0.29) is 5.82 Å². The van der Waals surface area contributed by atoms with Crippen LogP contribution in [0.4, 0.5) is 4.39 Å². The van der Waals surface area contributed by atoms with Gasteiger partial charge in [-0.1, -0.05) is 12.1 Å². The lowest BCUT2D eigenvalue weighted by Crippen LogP contribution is -2.00. The van der Waals surface area contributed by atoms with Crippen molar-refractivity contribution in [2.24, 2.45) is 0 Å². The molecule has 0 N–H and O–H groups in total. The number of hydrogen-bond donors (Lipinski definition) is 0. The SMILES string of the molecule is COc1ccc(C(Cl)c2cccc(F)c2Br)c(OC)c1. The Morgan fingerprint density at radius 1 is 1.10 bits per heavy atom. The highest BCUT2D eigenvalue weighted by molar-refractivity contribution is 9.10. The Morgan fingerprint density at radius 3 is 2.50 bits per heavy atom. The van der Waals surface area contributed by atoms with Gasteiger partial charge < -0.3 is 9.47 Å². The lowest BCUT2D eigenvalue weighted by molar-refractivity contribution is 0.391. The molecule has 1 atom stereocenters. The zero-order valence-electron chi connectivity index (χ0n) is 11.0. The summed E-state index contributed by atoms with van der Waals surface area (Å²) in [5, 5.41) is -0.527. The van der Waals surface area contributed by atoms with Crippen LogP contribution in [-0.2, 0) is 0 Å². The zero-order chi connectivity index (χ0) is 14.7. The van der Waals surface area contributed by atoms with Crippen LogP contribution in [0.1, 0.15) is 16.5 Å². The van der Waals surface area contributed by atoms with Crippen LogP contribution >= 0.6 is 27.5 Å². The van der Waals surface area contributed by atoms with Gasteiger partial charge in [0.05, 0.1) is 24.1 Å². The van der Waals surface area contributed by atoms with E-state index in [1.165, 1.54) is 6.07 Å². The third-order valence-corrected chi connectivity index (χ3v) is 4.28. The average molecular weight is 360 g/mol. The molecule has 0 spiro atoms. The highest BCUT2D eigenvalue weighted by Crippen LogP contribution is 2.40. The molecule has 0 radical (unpaired) electrons. The van der Waals surface area contributed by atoms with Crippen LogP contribution in [-0.4, -0.2) is 14.2 Å². The van der Waals surface area contributed by atoms with Crippen molar-refractivity contribution >= 4 is 27.5 Å². The summed E-state index contributed by atoms with van der Waals surface area (Å²) >= 11 is 9.70. The summed E-state index contributed by atoms with van der Waals surface area (Å²) in [6, 6.07) is 10.1. The second-order valence-corrected chi connectivity index (χ2v) is 5.34. The summed E-state index contributed by atoms with van der Waals surface area (Å²) in [6.07, 6.45) is 0. The molecule has 2 rings (SSSR count). The summed E-state index contributed by atoms with van der Waals surface area (Å²) in [5.41, 5.74) is 1.40. The molecule has 106 valence electrons. The smallest absolute Gasteiger partial charge is 0.137 e. The molecule has 0 bridgehead atoms. The molecule has 2 aromatic carbocycles. The maximum atomic E-state index is 13.6. The van der Waals surface area contributed by atoms with Crippen LogP contribution in [0.2, 0.25) is 0 Å². The number of alkyl halides is 1. The molecule has 0 amide bonds. The topological polar surface area (TPSA) is 18.5 Å². The number of ether oxygens (including phenoxy) is 2. The fourth-order valence-corrected chi connectivity index (χ4v) is 2.90. The van der Waals surface area contributed by atoms with Crippen molar-refractivity contribution in [3.05, 3.63) is 57.8 Å². The largest absolute Gasteiger partial charge is 0.497 e. The molecule has 1 unspecified atom stereocenters. The van der Waals surface area contributed by atoms with E-state index >= 15 is 0 Å². The minimum absolute atomic E-state index is 0.347. The lowest BCUT2D eigenvalue weighted by Gasteiger charge is -2.16. The third kappa shape index (κ3) is 2.91. The van der Waals surface area contributed by atoms with E-state index in [4.69, 9.17) is 21.1 Å². The fourth-order valence-electron chi connectivity index (χ4n) is 1.91. The molecule has 0 aromatic heterocycles. The Labute approximate surface area is 130 Å². The van der Waals surface area contributed by atoms with Crippen LogP contribution in [0.5, 0.6) is 11.5 Å². The molecule has 0 aliphatic rings. The van der Waals surface area contributed by atoms with Crippen molar-refractivity contribution in [1.29, 1.82) is 0 Å². The van der Waals surface area contributed by atoms with Gasteiger partial charge in [0, 0.05) is 11.6 Å². The van der Waals surface area contributed by atoms with Gasteiger partial charge in [-0.2, -0.15) is 0 Å². The Hall–Kier alpha value is -1.26. The van der Waals surface area contributed by atoms with Gasteiger partial charge in [0.15, 0.2) is 0 Å². The number of rotatable bonds is 4. The van der Waals surface area contributed by atoms with Gasteiger partial charge in [-0.25, -0.2) is 4.39 Å². The van der Waals surface area contributed by atoms with E-state index in [1.54, 1.807) is 38.5 Å². The Bertz CT molecular complexity index is 619. The Morgan fingerprint density at radius 2 is 1.85 bits per heavy atom. The molecule has 20 heavy (non-hydrogen) atoms. The summed E-state index contributed by atoms with van der Waals surface area (Å²) < 4.78 is 24.4. The number of halogens is 3. The van der Waals surface area contributed by atoms with Gasteiger partial charge in [-0.05, 0) is 39.7 Å². The summed E-state index contributed by atoms with van der Waals surface area (Å²) in [6.45, 7) is 0. The summed E-state index contributed by atoms with van der Waals surface area (Å²) in [4.78, 5) is 0. The Kier molecular flexibility index (Phi) is 4.89. The van der Waals surface area contributed by atoms with Gasteiger partial charge in [0.25, 0.3) is 0 Å². The summed E-state index contributed by atoms with van der Waals surface area (Å²) in [7, 11) is 3.14. The molecule has 0 saturated heterocycles. The monoisotopic (exact) mass is 358 g/mol. The van der Waals surface area contributed by atoms with Crippen LogP contribution in [0.15, 0.2) is 40.9 Å². The lowest BCUT2D eigenvalue weighted by atomic mass is 10.0. The van der Waals surface area contributed by atoms with E-state index in [9.17, 15) is 4.39 Å². The molecule has 2 aromatic rings.